The Kier molecular flexibility index (Phi) is 8.17. The van der Waals surface area contributed by atoms with Crippen LogP contribution in [0.4, 0.5) is 8.78 Å². The van der Waals surface area contributed by atoms with Crippen molar-refractivity contribution in [2.24, 2.45) is 11.1 Å². The Labute approximate surface area is 232 Å². The average Bonchev–Trinajstić information content (AvgIpc) is 3.21. The third kappa shape index (κ3) is 5.07. The molecule has 2 aliphatic heterocycles. The minimum Gasteiger partial charge on any atom is -0.443 e. The van der Waals surface area contributed by atoms with Gasteiger partial charge in [-0.25, -0.2) is 13.7 Å². The van der Waals surface area contributed by atoms with Crippen molar-refractivity contribution in [1.82, 2.24) is 4.90 Å². The average molecular weight is 571 g/mol. The number of benzene rings is 2. The Bertz CT molecular complexity index is 1210. The summed E-state index contributed by atoms with van der Waals surface area (Å²) in [4.78, 5) is 15.3. The van der Waals surface area contributed by atoms with E-state index >= 15 is 8.78 Å². The third-order valence-electron chi connectivity index (χ3n) is 7.85. The van der Waals surface area contributed by atoms with Crippen LogP contribution < -0.4 is 5.73 Å². The lowest BCUT2D eigenvalue weighted by atomic mass is 9.67. The van der Waals surface area contributed by atoms with Crippen molar-refractivity contribution in [3.05, 3.63) is 69.2 Å². The van der Waals surface area contributed by atoms with Gasteiger partial charge in [0.05, 0.1) is 23.8 Å². The Balaban J connectivity index is 1.93. The molecule has 2 aromatic carbocycles. The molecule has 2 aliphatic rings. The SMILES string of the molecule is CC(C)(CCOCCO)CC1N2C(C(=O)OC2(C)C)C(c2cccc(Cl)c2F)C1(N)c1ccc(Cl)cc1F. The maximum atomic E-state index is 15.7. The van der Waals surface area contributed by atoms with Gasteiger partial charge in [-0.05, 0) is 55.9 Å². The van der Waals surface area contributed by atoms with Crippen LogP contribution in [0.25, 0.3) is 0 Å². The smallest absolute Gasteiger partial charge is 0.325 e. The van der Waals surface area contributed by atoms with Crippen LogP contribution in [-0.4, -0.2) is 53.6 Å². The van der Waals surface area contributed by atoms with Gasteiger partial charge in [0.1, 0.15) is 17.7 Å². The quantitative estimate of drug-likeness (QED) is 0.311. The largest absolute Gasteiger partial charge is 0.443 e. The second kappa shape index (κ2) is 10.6. The number of rotatable bonds is 9. The number of aliphatic hydroxyl groups is 1. The molecule has 208 valence electrons. The fourth-order valence-corrected chi connectivity index (χ4v) is 6.50. The van der Waals surface area contributed by atoms with Gasteiger partial charge in [-0.3, -0.25) is 4.79 Å². The molecule has 38 heavy (non-hydrogen) atoms. The van der Waals surface area contributed by atoms with Crippen molar-refractivity contribution < 1.29 is 28.2 Å². The van der Waals surface area contributed by atoms with Crippen LogP contribution in [0.5, 0.6) is 0 Å². The first-order chi connectivity index (χ1) is 17.7. The summed E-state index contributed by atoms with van der Waals surface area (Å²) in [5, 5.41) is 9.12. The van der Waals surface area contributed by atoms with Gasteiger partial charge in [-0.15, -0.1) is 0 Å². The predicted octanol–water partition coefficient (Wildman–Crippen LogP) is 5.37. The zero-order chi connectivity index (χ0) is 28.0. The Morgan fingerprint density at radius 3 is 2.55 bits per heavy atom. The van der Waals surface area contributed by atoms with Gasteiger partial charge >= 0.3 is 5.97 Å². The normalized spacial score (nSPS) is 27.0. The first kappa shape index (κ1) is 29.2. The van der Waals surface area contributed by atoms with Crippen molar-refractivity contribution in [3.8, 4) is 0 Å². The standard InChI is InChI=1S/C28H34Cl2F2N2O4/c1-26(2,10-12-37-13-11-35)15-21-28(33,18-9-8-16(29)14-20(18)31)22(17-6-5-7-19(30)23(17)32)24-25(36)38-27(3,4)34(21)24/h5-9,14,21-22,24,35H,10-13,15,33H2,1-4H3. The minimum atomic E-state index is -1.56. The van der Waals surface area contributed by atoms with E-state index in [1.54, 1.807) is 19.9 Å². The molecule has 0 amide bonds. The Morgan fingerprint density at radius 2 is 1.89 bits per heavy atom. The van der Waals surface area contributed by atoms with Crippen LogP contribution in [0.15, 0.2) is 36.4 Å². The zero-order valence-electron chi connectivity index (χ0n) is 21.9. The van der Waals surface area contributed by atoms with Gasteiger partial charge < -0.3 is 20.3 Å². The molecule has 0 bridgehead atoms. The molecule has 4 rings (SSSR count). The first-order valence-electron chi connectivity index (χ1n) is 12.6. The highest BCUT2D eigenvalue weighted by atomic mass is 35.5. The minimum absolute atomic E-state index is 0.0826. The lowest BCUT2D eigenvalue weighted by Gasteiger charge is -2.45. The summed E-state index contributed by atoms with van der Waals surface area (Å²) in [6.07, 6.45) is 1.01. The number of carbonyl (C=O) groups is 1. The molecule has 4 atom stereocenters. The molecular weight excluding hydrogens is 537 g/mol. The molecule has 3 N–H and O–H groups in total. The molecule has 0 radical (unpaired) electrons. The number of ether oxygens (including phenoxy) is 2. The lowest BCUT2D eigenvalue weighted by molar-refractivity contribution is -0.152. The highest BCUT2D eigenvalue weighted by Crippen LogP contribution is 2.58. The Morgan fingerprint density at radius 1 is 1.18 bits per heavy atom. The number of hydrogen-bond donors (Lipinski definition) is 2. The first-order valence-corrected chi connectivity index (χ1v) is 13.4. The fourth-order valence-electron chi connectivity index (χ4n) is 6.16. The van der Waals surface area contributed by atoms with Gasteiger partial charge in [-0.2, -0.15) is 0 Å². The molecule has 10 heteroatoms. The molecule has 0 aromatic heterocycles. The van der Waals surface area contributed by atoms with Crippen molar-refractivity contribution >= 4 is 29.2 Å². The molecule has 0 aliphatic carbocycles. The summed E-state index contributed by atoms with van der Waals surface area (Å²) in [5.74, 6) is -2.93. The number of esters is 1. The topological polar surface area (TPSA) is 85.0 Å². The molecular formula is C28H34Cl2F2N2O4. The third-order valence-corrected chi connectivity index (χ3v) is 8.38. The Hall–Kier alpha value is -1.81. The van der Waals surface area contributed by atoms with Gasteiger partial charge in [-0.1, -0.05) is 55.2 Å². The number of halogens is 4. The van der Waals surface area contributed by atoms with Crippen molar-refractivity contribution in [2.75, 3.05) is 19.8 Å². The van der Waals surface area contributed by atoms with E-state index in [0.717, 1.165) is 0 Å². The van der Waals surface area contributed by atoms with Crippen LogP contribution in [0.2, 0.25) is 10.0 Å². The maximum Gasteiger partial charge on any atom is 0.325 e. The van der Waals surface area contributed by atoms with Crippen LogP contribution in [0, 0.1) is 17.0 Å². The second-order valence-corrected chi connectivity index (χ2v) is 12.2. The zero-order valence-corrected chi connectivity index (χ0v) is 23.5. The van der Waals surface area contributed by atoms with Gasteiger partial charge in [0.15, 0.2) is 5.72 Å². The van der Waals surface area contributed by atoms with E-state index < -0.39 is 52.3 Å². The van der Waals surface area contributed by atoms with E-state index in [1.807, 2.05) is 18.7 Å². The predicted molar refractivity (Wildman–Crippen MR) is 142 cm³/mol. The summed E-state index contributed by atoms with van der Waals surface area (Å²) in [6.45, 7) is 8.10. The van der Waals surface area contributed by atoms with Gasteiger partial charge in [0, 0.05) is 29.2 Å². The maximum absolute atomic E-state index is 15.7. The number of fused-ring (bicyclic) bond motifs is 1. The molecule has 2 aromatic rings. The van der Waals surface area contributed by atoms with Crippen LogP contribution in [0.3, 0.4) is 0 Å². The van der Waals surface area contributed by atoms with E-state index in [0.29, 0.717) is 19.4 Å². The molecule has 6 nitrogen and oxygen atoms in total. The number of aliphatic hydroxyl groups excluding tert-OH is 1. The van der Waals surface area contributed by atoms with Crippen LogP contribution in [-0.2, 0) is 19.8 Å². The molecule has 2 saturated heterocycles. The van der Waals surface area contributed by atoms with Crippen LogP contribution in [0.1, 0.15) is 57.6 Å². The summed E-state index contributed by atoms with van der Waals surface area (Å²) in [7, 11) is 0. The summed E-state index contributed by atoms with van der Waals surface area (Å²) >= 11 is 12.3. The van der Waals surface area contributed by atoms with E-state index in [4.69, 9.17) is 43.5 Å². The number of nitrogens with two attached hydrogens (primary N) is 1. The van der Waals surface area contributed by atoms with Crippen molar-refractivity contribution in [3.63, 3.8) is 0 Å². The summed E-state index contributed by atoms with van der Waals surface area (Å²) in [5.41, 5.74) is 4.51. The van der Waals surface area contributed by atoms with Gasteiger partial charge in [0.2, 0.25) is 0 Å². The summed E-state index contributed by atoms with van der Waals surface area (Å²) in [6, 6.07) is 7.13. The van der Waals surface area contributed by atoms with E-state index in [9.17, 15) is 4.79 Å². The van der Waals surface area contributed by atoms with E-state index in [1.165, 1.54) is 30.3 Å². The lowest BCUT2D eigenvalue weighted by Crippen LogP contribution is -2.57. The van der Waals surface area contributed by atoms with Crippen LogP contribution >= 0.6 is 23.2 Å². The van der Waals surface area contributed by atoms with E-state index in [2.05, 4.69) is 0 Å². The molecule has 0 spiro atoms. The molecule has 0 saturated carbocycles. The monoisotopic (exact) mass is 570 g/mol. The molecule has 4 unspecified atom stereocenters. The number of cyclic esters (lactones) is 1. The number of hydrogen-bond acceptors (Lipinski definition) is 6. The second-order valence-electron chi connectivity index (χ2n) is 11.4. The van der Waals surface area contributed by atoms with Gasteiger partial charge in [0.25, 0.3) is 0 Å². The number of nitrogens with zero attached hydrogens (tertiary/aromatic N) is 1. The van der Waals surface area contributed by atoms with E-state index in [-0.39, 0.29) is 34.4 Å². The molecule has 2 heterocycles. The highest BCUT2D eigenvalue weighted by Gasteiger charge is 2.69. The number of carbonyl (C=O) groups excluding carboxylic acids is 1. The molecule has 2 fully saturated rings. The summed E-state index contributed by atoms with van der Waals surface area (Å²) < 4.78 is 42.6. The highest BCUT2D eigenvalue weighted by molar-refractivity contribution is 6.31. The fraction of sp³-hybridized carbons (Fsp3) is 0.536. The van der Waals surface area contributed by atoms with Crippen molar-refractivity contribution in [2.45, 2.75) is 69.8 Å². The van der Waals surface area contributed by atoms with Crippen molar-refractivity contribution in [1.29, 1.82) is 0 Å².